The molecule has 0 saturated heterocycles. The van der Waals surface area contributed by atoms with Crippen LogP contribution in [0.2, 0.25) is 0 Å². The molecular weight excluding hydrogens is 240 g/mol. The Morgan fingerprint density at radius 2 is 2.16 bits per heavy atom. The second-order valence-electron chi connectivity index (χ2n) is 5.87. The van der Waals surface area contributed by atoms with E-state index < -0.39 is 11.4 Å². The summed E-state index contributed by atoms with van der Waals surface area (Å²) >= 11 is 0. The number of benzene rings is 1. The van der Waals surface area contributed by atoms with E-state index in [9.17, 15) is 9.90 Å². The van der Waals surface area contributed by atoms with Crippen LogP contribution in [0.3, 0.4) is 0 Å². The Bertz CT molecular complexity index is 666. The Hall–Kier alpha value is -1.84. The molecule has 4 nitrogen and oxygen atoms in total. The molecule has 2 N–H and O–H groups in total. The van der Waals surface area contributed by atoms with Gasteiger partial charge >= 0.3 is 5.97 Å². The molecule has 0 spiro atoms. The maximum atomic E-state index is 11.5. The monoisotopic (exact) mass is 256 g/mol. The van der Waals surface area contributed by atoms with Gasteiger partial charge in [0, 0.05) is 5.92 Å². The van der Waals surface area contributed by atoms with Crippen molar-refractivity contribution in [3.8, 4) is 0 Å². The number of imidazole rings is 1. The standard InChI is InChI=1S/C15H16N2O2/c18-14(19)15(6-1-7-15)10-4-5-11-12(8-10)17-13(16-11)9-2-3-9/h4-5,8-9H,1-3,6-7H2,(H,16,17)(H,18,19). The highest BCUT2D eigenvalue weighted by Crippen LogP contribution is 2.45. The summed E-state index contributed by atoms with van der Waals surface area (Å²) in [5.74, 6) is 0.957. The number of hydrogen-bond acceptors (Lipinski definition) is 2. The first-order valence-electron chi connectivity index (χ1n) is 6.93. The molecule has 1 aromatic heterocycles. The van der Waals surface area contributed by atoms with Gasteiger partial charge in [-0.3, -0.25) is 4.79 Å². The van der Waals surface area contributed by atoms with E-state index >= 15 is 0 Å². The van der Waals surface area contributed by atoms with Crippen LogP contribution in [0.15, 0.2) is 18.2 Å². The average Bonchev–Trinajstić information content (AvgIpc) is 3.07. The third-order valence-electron chi connectivity index (χ3n) is 4.63. The van der Waals surface area contributed by atoms with Gasteiger partial charge in [-0.05, 0) is 43.4 Å². The van der Waals surface area contributed by atoms with Gasteiger partial charge in [0.15, 0.2) is 0 Å². The Morgan fingerprint density at radius 3 is 2.74 bits per heavy atom. The van der Waals surface area contributed by atoms with Gasteiger partial charge in [0.25, 0.3) is 0 Å². The van der Waals surface area contributed by atoms with E-state index in [4.69, 9.17) is 0 Å². The number of hydrogen-bond donors (Lipinski definition) is 2. The summed E-state index contributed by atoms with van der Waals surface area (Å²) < 4.78 is 0. The summed E-state index contributed by atoms with van der Waals surface area (Å²) in [6.07, 6.45) is 4.92. The van der Waals surface area contributed by atoms with E-state index in [2.05, 4.69) is 9.97 Å². The van der Waals surface area contributed by atoms with Crippen molar-refractivity contribution >= 4 is 17.0 Å². The highest BCUT2D eigenvalue weighted by Gasteiger charge is 2.46. The van der Waals surface area contributed by atoms with E-state index in [0.29, 0.717) is 5.92 Å². The van der Waals surface area contributed by atoms with Crippen LogP contribution in [0.5, 0.6) is 0 Å². The first-order valence-corrected chi connectivity index (χ1v) is 6.93. The lowest BCUT2D eigenvalue weighted by molar-refractivity contribution is -0.147. The zero-order chi connectivity index (χ0) is 13.0. The number of carboxylic acid groups (broad SMARTS) is 1. The maximum Gasteiger partial charge on any atom is 0.314 e. The van der Waals surface area contributed by atoms with Gasteiger partial charge in [0.2, 0.25) is 0 Å². The second-order valence-corrected chi connectivity index (χ2v) is 5.87. The van der Waals surface area contributed by atoms with E-state index in [1.54, 1.807) is 0 Å². The van der Waals surface area contributed by atoms with Crippen LogP contribution < -0.4 is 0 Å². The van der Waals surface area contributed by atoms with Crippen molar-refractivity contribution < 1.29 is 9.90 Å². The Labute approximate surface area is 110 Å². The third kappa shape index (κ3) is 1.52. The minimum Gasteiger partial charge on any atom is -0.481 e. The number of nitrogens with zero attached hydrogens (tertiary/aromatic N) is 1. The Morgan fingerprint density at radius 1 is 1.37 bits per heavy atom. The molecule has 0 atom stereocenters. The molecule has 1 aromatic carbocycles. The van der Waals surface area contributed by atoms with Crippen LogP contribution in [-0.4, -0.2) is 21.0 Å². The zero-order valence-electron chi connectivity index (χ0n) is 10.6. The fraction of sp³-hybridized carbons (Fsp3) is 0.467. The topological polar surface area (TPSA) is 66.0 Å². The number of nitrogens with one attached hydrogen (secondary N) is 1. The van der Waals surface area contributed by atoms with Gasteiger partial charge in [-0.15, -0.1) is 0 Å². The average molecular weight is 256 g/mol. The summed E-state index contributed by atoms with van der Waals surface area (Å²) in [5, 5.41) is 9.49. The minimum atomic E-state index is -0.694. The number of rotatable bonds is 3. The van der Waals surface area contributed by atoms with Gasteiger partial charge < -0.3 is 10.1 Å². The van der Waals surface area contributed by atoms with E-state index in [1.807, 2.05) is 18.2 Å². The molecule has 0 bridgehead atoms. The number of fused-ring (bicyclic) bond motifs is 1. The molecule has 4 rings (SSSR count). The first-order chi connectivity index (χ1) is 9.19. The quantitative estimate of drug-likeness (QED) is 0.887. The number of aromatic amines is 1. The van der Waals surface area contributed by atoms with Crippen LogP contribution in [0.4, 0.5) is 0 Å². The van der Waals surface area contributed by atoms with Crippen LogP contribution in [0.1, 0.15) is 49.4 Å². The third-order valence-corrected chi connectivity index (χ3v) is 4.63. The molecule has 2 aromatic rings. The SMILES string of the molecule is O=C(O)C1(c2ccc3nc(C4CC4)[nH]c3c2)CCC1. The van der Waals surface area contributed by atoms with Crippen LogP contribution in [-0.2, 0) is 10.2 Å². The largest absolute Gasteiger partial charge is 0.481 e. The van der Waals surface area contributed by atoms with Crippen LogP contribution in [0.25, 0.3) is 11.0 Å². The molecule has 1 heterocycles. The highest BCUT2D eigenvalue weighted by molar-refractivity contribution is 5.85. The second kappa shape index (κ2) is 3.59. The van der Waals surface area contributed by atoms with Crippen molar-refractivity contribution in [2.75, 3.05) is 0 Å². The van der Waals surface area contributed by atoms with Gasteiger partial charge in [-0.1, -0.05) is 12.5 Å². The molecule has 2 fully saturated rings. The molecule has 0 radical (unpaired) electrons. The first kappa shape index (κ1) is 11.0. The molecule has 19 heavy (non-hydrogen) atoms. The molecular formula is C15H16N2O2. The molecule has 2 saturated carbocycles. The van der Waals surface area contributed by atoms with E-state index in [0.717, 1.165) is 41.7 Å². The van der Waals surface area contributed by atoms with Crippen molar-refractivity contribution in [2.24, 2.45) is 0 Å². The lowest BCUT2D eigenvalue weighted by Gasteiger charge is -2.38. The molecule has 0 amide bonds. The minimum absolute atomic E-state index is 0.591. The molecule has 98 valence electrons. The smallest absolute Gasteiger partial charge is 0.314 e. The lowest BCUT2D eigenvalue weighted by Crippen LogP contribution is -2.42. The van der Waals surface area contributed by atoms with Crippen LogP contribution >= 0.6 is 0 Å². The Kier molecular flexibility index (Phi) is 2.08. The van der Waals surface area contributed by atoms with Crippen molar-refractivity contribution in [3.05, 3.63) is 29.6 Å². The van der Waals surface area contributed by atoms with Crippen LogP contribution in [0, 0.1) is 0 Å². The lowest BCUT2D eigenvalue weighted by atomic mass is 9.64. The molecule has 0 aliphatic heterocycles. The molecule has 0 unspecified atom stereocenters. The van der Waals surface area contributed by atoms with Gasteiger partial charge in [-0.2, -0.15) is 0 Å². The Balaban J connectivity index is 1.80. The summed E-state index contributed by atoms with van der Waals surface area (Å²) in [5.41, 5.74) is 2.20. The number of aromatic nitrogens is 2. The van der Waals surface area contributed by atoms with Crippen molar-refractivity contribution in [2.45, 2.75) is 43.4 Å². The maximum absolute atomic E-state index is 11.5. The predicted octanol–water partition coefficient (Wildman–Crippen LogP) is 2.95. The fourth-order valence-electron chi connectivity index (χ4n) is 3.03. The van der Waals surface area contributed by atoms with Gasteiger partial charge in [-0.25, -0.2) is 4.98 Å². The van der Waals surface area contributed by atoms with E-state index in [1.165, 1.54) is 12.8 Å². The summed E-state index contributed by atoms with van der Waals surface area (Å²) in [6.45, 7) is 0. The number of carboxylic acids is 1. The summed E-state index contributed by atoms with van der Waals surface area (Å²) in [7, 11) is 0. The van der Waals surface area contributed by atoms with Crippen molar-refractivity contribution in [3.63, 3.8) is 0 Å². The molecule has 4 heteroatoms. The van der Waals surface area contributed by atoms with Gasteiger partial charge in [0.05, 0.1) is 16.4 Å². The summed E-state index contributed by atoms with van der Waals surface area (Å²) in [4.78, 5) is 19.5. The number of aliphatic carboxylic acids is 1. The molecule has 2 aliphatic rings. The fourth-order valence-corrected chi connectivity index (χ4v) is 3.03. The zero-order valence-corrected chi connectivity index (χ0v) is 10.6. The predicted molar refractivity (Wildman–Crippen MR) is 71.2 cm³/mol. The van der Waals surface area contributed by atoms with Crippen molar-refractivity contribution in [1.29, 1.82) is 0 Å². The normalized spacial score (nSPS) is 21.3. The van der Waals surface area contributed by atoms with Gasteiger partial charge in [0.1, 0.15) is 5.82 Å². The highest BCUT2D eigenvalue weighted by atomic mass is 16.4. The molecule has 2 aliphatic carbocycles. The van der Waals surface area contributed by atoms with Crippen molar-refractivity contribution in [1.82, 2.24) is 9.97 Å². The summed E-state index contributed by atoms with van der Waals surface area (Å²) in [6, 6.07) is 5.88. The van der Waals surface area contributed by atoms with E-state index in [-0.39, 0.29) is 0 Å². The number of H-pyrrole nitrogens is 1. The number of carbonyl (C=O) groups is 1.